The van der Waals surface area contributed by atoms with Crippen LogP contribution in [0.15, 0.2) is 0 Å². The summed E-state index contributed by atoms with van der Waals surface area (Å²) < 4.78 is 0. The van der Waals surface area contributed by atoms with Gasteiger partial charge in [0.15, 0.2) is 0 Å². The van der Waals surface area contributed by atoms with Crippen molar-refractivity contribution >= 4 is 12.2 Å². The van der Waals surface area contributed by atoms with Crippen LogP contribution in [-0.2, 0) is 9.59 Å². The highest BCUT2D eigenvalue weighted by atomic mass is 16.2. The summed E-state index contributed by atoms with van der Waals surface area (Å²) in [4.78, 5) is 23.0. The molecule has 0 N–H and O–H groups in total. The van der Waals surface area contributed by atoms with Gasteiger partial charge in [-0.05, 0) is 19.8 Å². The number of hydrogen-bond donors (Lipinski definition) is 0. The normalized spacial score (nSPS) is 17.8. The minimum atomic E-state index is -0.357. The minimum Gasteiger partial charge on any atom is -0.334 e. The molecular formula is C9H15NO2. The van der Waals surface area contributed by atoms with Gasteiger partial charge in [-0.25, -0.2) is 0 Å². The van der Waals surface area contributed by atoms with Gasteiger partial charge in [0, 0.05) is 12.6 Å². The molecule has 0 spiro atoms. The van der Waals surface area contributed by atoms with Crippen molar-refractivity contribution in [1.29, 1.82) is 0 Å². The van der Waals surface area contributed by atoms with Crippen LogP contribution in [0.1, 0.15) is 32.6 Å². The van der Waals surface area contributed by atoms with Gasteiger partial charge in [0.25, 0.3) is 5.91 Å². The predicted octanol–water partition coefficient (Wildman–Crippen LogP) is 0.976. The Morgan fingerprint density at radius 2 is 2.08 bits per heavy atom. The van der Waals surface area contributed by atoms with Gasteiger partial charge in [0.05, 0.1) is 0 Å². The fraction of sp³-hybridized carbons (Fsp3) is 0.778. The standard InChI is InChI=1S/C9H15NO2/c1-2-10(9(12)7-11)8-5-3-4-6-8/h7-8H,2-6H2,1H3. The monoisotopic (exact) mass is 169 g/mol. The molecule has 0 aromatic carbocycles. The molecule has 0 aromatic heterocycles. The Labute approximate surface area is 72.7 Å². The van der Waals surface area contributed by atoms with Crippen molar-refractivity contribution in [3.8, 4) is 0 Å². The van der Waals surface area contributed by atoms with Gasteiger partial charge in [-0.2, -0.15) is 0 Å². The van der Waals surface area contributed by atoms with E-state index in [4.69, 9.17) is 0 Å². The number of nitrogens with zero attached hydrogens (tertiary/aromatic N) is 1. The molecule has 1 rings (SSSR count). The van der Waals surface area contributed by atoms with E-state index < -0.39 is 0 Å². The molecule has 1 saturated carbocycles. The number of likely N-dealkylation sites (N-methyl/N-ethyl adjacent to an activating group) is 1. The Morgan fingerprint density at radius 1 is 1.50 bits per heavy atom. The van der Waals surface area contributed by atoms with E-state index in [0.29, 0.717) is 18.9 Å². The Bertz CT molecular complexity index is 173. The van der Waals surface area contributed by atoms with Crippen LogP contribution in [0.3, 0.4) is 0 Å². The average molecular weight is 169 g/mol. The van der Waals surface area contributed by atoms with E-state index in [1.165, 1.54) is 12.8 Å². The van der Waals surface area contributed by atoms with E-state index in [1.54, 1.807) is 4.90 Å². The predicted molar refractivity (Wildman–Crippen MR) is 45.7 cm³/mol. The summed E-state index contributed by atoms with van der Waals surface area (Å²) in [5.41, 5.74) is 0. The van der Waals surface area contributed by atoms with Crippen LogP contribution < -0.4 is 0 Å². The molecule has 0 atom stereocenters. The van der Waals surface area contributed by atoms with Gasteiger partial charge in [-0.1, -0.05) is 12.8 Å². The highest BCUT2D eigenvalue weighted by Gasteiger charge is 2.24. The van der Waals surface area contributed by atoms with E-state index in [0.717, 1.165) is 12.8 Å². The summed E-state index contributed by atoms with van der Waals surface area (Å²) in [5.74, 6) is -0.357. The zero-order chi connectivity index (χ0) is 8.97. The van der Waals surface area contributed by atoms with E-state index in [1.807, 2.05) is 6.92 Å². The summed E-state index contributed by atoms with van der Waals surface area (Å²) in [5, 5.41) is 0. The number of aldehydes is 1. The second-order valence-corrected chi connectivity index (χ2v) is 3.18. The van der Waals surface area contributed by atoms with E-state index in [-0.39, 0.29) is 5.91 Å². The van der Waals surface area contributed by atoms with Crippen LogP contribution in [0, 0.1) is 0 Å². The highest BCUT2D eigenvalue weighted by Crippen LogP contribution is 2.22. The largest absolute Gasteiger partial charge is 0.334 e. The molecule has 1 fully saturated rings. The smallest absolute Gasteiger partial charge is 0.286 e. The lowest BCUT2D eigenvalue weighted by atomic mass is 10.2. The summed E-state index contributed by atoms with van der Waals surface area (Å²) >= 11 is 0. The lowest BCUT2D eigenvalue weighted by molar-refractivity contribution is -0.140. The lowest BCUT2D eigenvalue weighted by Crippen LogP contribution is -2.39. The van der Waals surface area contributed by atoms with Crippen LogP contribution in [0.5, 0.6) is 0 Å². The molecule has 0 unspecified atom stereocenters. The molecule has 3 heteroatoms. The molecule has 0 radical (unpaired) electrons. The van der Waals surface area contributed by atoms with Crippen LogP contribution in [-0.4, -0.2) is 29.7 Å². The molecular weight excluding hydrogens is 154 g/mol. The summed E-state index contributed by atoms with van der Waals surface area (Å²) in [6.07, 6.45) is 4.92. The third-order valence-electron chi connectivity index (χ3n) is 2.49. The van der Waals surface area contributed by atoms with Crippen molar-refractivity contribution in [2.24, 2.45) is 0 Å². The summed E-state index contributed by atoms with van der Waals surface area (Å²) in [7, 11) is 0. The first kappa shape index (κ1) is 9.23. The van der Waals surface area contributed by atoms with Gasteiger partial charge in [-0.15, -0.1) is 0 Å². The Morgan fingerprint density at radius 3 is 2.50 bits per heavy atom. The van der Waals surface area contributed by atoms with Crippen LogP contribution in [0.2, 0.25) is 0 Å². The second kappa shape index (κ2) is 4.24. The fourth-order valence-electron chi connectivity index (χ4n) is 1.88. The summed E-state index contributed by atoms with van der Waals surface area (Å²) in [6, 6.07) is 0.327. The van der Waals surface area contributed by atoms with Crippen LogP contribution >= 0.6 is 0 Å². The first-order valence-corrected chi connectivity index (χ1v) is 4.55. The number of hydrogen-bond acceptors (Lipinski definition) is 2. The van der Waals surface area contributed by atoms with Crippen LogP contribution in [0.4, 0.5) is 0 Å². The quantitative estimate of drug-likeness (QED) is 0.466. The maximum atomic E-state index is 11.1. The molecule has 3 nitrogen and oxygen atoms in total. The Balaban J connectivity index is 2.53. The van der Waals surface area contributed by atoms with Crippen molar-refractivity contribution in [1.82, 2.24) is 4.90 Å². The topological polar surface area (TPSA) is 37.4 Å². The number of amides is 1. The van der Waals surface area contributed by atoms with E-state index in [2.05, 4.69) is 0 Å². The molecule has 0 aromatic rings. The third-order valence-corrected chi connectivity index (χ3v) is 2.49. The van der Waals surface area contributed by atoms with Gasteiger partial charge in [0.1, 0.15) is 0 Å². The van der Waals surface area contributed by atoms with Crippen molar-refractivity contribution < 1.29 is 9.59 Å². The van der Waals surface area contributed by atoms with Crippen molar-refractivity contribution in [2.45, 2.75) is 38.6 Å². The Hall–Kier alpha value is -0.860. The van der Waals surface area contributed by atoms with Gasteiger partial charge in [0.2, 0.25) is 6.29 Å². The first-order valence-electron chi connectivity index (χ1n) is 4.55. The highest BCUT2D eigenvalue weighted by molar-refractivity contribution is 6.23. The molecule has 1 aliphatic carbocycles. The number of carbonyl (C=O) groups is 2. The van der Waals surface area contributed by atoms with Crippen molar-refractivity contribution in [3.63, 3.8) is 0 Å². The average Bonchev–Trinajstić information content (AvgIpc) is 2.58. The van der Waals surface area contributed by atoms with E-state index >= 15 is 0 Å². The molecule has 1 aliphatic rings. The molecule has 1 amide bonds. The molecule has 0 aliphatic heterocycles. The lowest BCUT2D eigenvalue weighted by Gasteiger charge is -2.25. The molecule has 0 saturated heterocycles. The summed E-state index contributed by atoms with van der Waals surface area (Å²) in [6.45, 7) is 2.57. The van der Waals surface area contributed by atoms with E-state index in [9.17, 15) is 9.59 Å². The first-order chi connectivity index (χ1) is 5.79. The van der Waals surface area contributed by atoms with Crippen molar-refractivity contribution in [2.75, 3.05) is 6.54 Å². The molecule has 0 bridgehead atoms. The van der Waals surface area contributed by atoms with Gasteiger partial charge >= 0.3 is 0 Å². The molecule has 0 heterocycles. The van der Waals surface area contributed by atoms with Crippen LogP contribution in [0.25, 0.3) is 0 Å². The Kier molecular flexibility index (Phi) is 3.26. The zero-order valence-electron chi connectivity index (χ0n) is 7.45. The van der Waals surface area contributed by atoms with Gasteiger partial charge < -0.3 is 4.90 Å². The number of carbonyl (C=O) groups excluding carboxylic acids is 2. The maximum Gasteiger partial charge on any atom is 0.286 e. The maximum absolute atomic E-state index is 11.1. The van der Waals surface area contributed by atoms with Crippen molar-refractivity contribution in [3.05, 3.63) is 0 Å². The van der Waals surface area contributed by atoms with Gasteiger partial charge in [-0.3, -0.25) is 9.59 Å². The second-order valence-electron chi connectivity index (χ2n) is 3.18. The third kappa shape index (κ3) is 1.84. The minimum absolute atomic E-state index is 0.327. The SMILES string of the molecule is CCN(C(=O)C=O)C1CCCC1. The molecule has 12 heavy (non-hydrogen) atoms. The zero-order valence-corrected chi connectivity index (χ0v) is 7.45. The molecule has 68 valence electrons. The number of rotatable bonds is 3. The fourth-order valence-corrected chi connectivity index (χ4v) is 1.88.